The number of aromatic nitrogens is 2. The number of hydrogen-bond donors (Lipinski definition) is 1. The van der Waals surface area contributed by atoms with Crippen LogP contribution in [0.15, 0.2) is 34.1 Å². The van der Waals surface area contributed by atoms with Crippen molar-refractivity contribution in [2.24, 2.45) is 0 Å². The maximum Gasteiger partial charge on any atom is 0.252 e. The predicted octanol–water partition coefficient (Wildman–Crippen LogP) is 1.54. The zero-order valence-electron chi connectivity index (χ0n) is 11.8. The van der Waals surface area contributed by atoms with Crippen molar-refractivity contribution in [2.75, 3.05) is 26.2 Å². The molecule has 114 valence electrons. The van der Waals surface area contributed by atoms with Crippen molar-refractivity contribution in [3.05, 3.63) is 35.7 Å². The second-order valence-corrected chi connectivity index (χ2v) is 8.03. The number of hydrogen-bond acceptors (Lipinski definition) is 5. The Balaban J connectivity index is 1.86. The van der Waals surface area contributed by atoms with Crippen molar-refractivity contribution in [2.45, 2.75) is 17.2 Å². The van der Waals surface area contributed by atoms with Gasteiger partial charge in [0.1, 0.15) is 10.0 Å². The highest BCUT2D eigenvalue weighted by molar-refractivity contribution is 7.91. The quantitative estimate of drug-likeness (QED) is 0.925. The number of rotatable bonds is 4. The molecular weight excluding hydrogens is 308 g/mol. The van der Waals surface area contributed by atoms with Gasteiger partial charge in [0.05, 0.1) is 6.04 Å². The molecule has 3 heterocycles. The van der Waals surface area contributed by atoms with Crippen LogP contribution in [0.1, 0.15) is 18.8 Å². The van der Waals surface area contributed by atoms with Crippen LogP contribution < -0.4 is 0 Å². The summed E-state index contributed by atoms with van der Waals surface area (Å²) in [7, 11) is -3.39. The van der Waals surface area contributed by atoms with Crippen LogP contribution in [0.25, 0.3) is 0 Å². The van der Waals surface area contributed by atoms with E-state index in [1.165, 1.54) is 11.3 Å². The summed E-state index contributed by atoms with van der Waals surface area (Å²) in [6.07, 6.45) is 3.48. The molecule has 0 saturated carbocycles. The molecule has 0 radical (unpaired) electrons. The molecule has 1 N–H and O–H groups in total. The summed E-state index contributed by atoms with van der Waals surface area (Å²) < 4.78 is 27.3. The summed E-state index contributed by atoms with van der Waals surface area (Å²) >= 11 is 1.26. The Hall–Kier alpha value is -1.22. The van der Waals surface area contributed by atoms with Gasteiger partial charge in [0.25, 0.3) is 10.0 Å². The van der Waals surface area contributed by atoms with Gasteiger partial charge in [-0.3, -0.25) is 4.90 Å². The normalized spacial score (nSPS) is 21.7. The molecule has 0 aliphatic carbocycles. The molecule has 1 aliphatic heterocycles. The minimum Gasteiger partial charge on any atom is -0.347 e. The van der Waals surface area contributed by atoms with Gasteiger partial charge in [-0.15, -0.1) is 11.3 Å². The summed E-state index contributed by atoms with van der Waals surface area (Å²) in [5.41, 5.74) is 0. The number of piperazine rings is 1. The Labute approximate surface area is 128 Å². The molecule has 0 amide bonds. The van der Waals surface area contributed by atoms with Gasteiger partial charge < -0.3 is 4.98 Å². The van der Waals surface area contributed by atoms with Gasteiger partial charge in [0.2, 0.25) is 0 Å². The van der Waals surface area contributed by atoms with Crippen molar-refractivity contribution < 1.29 is 8.42 Å². The van der Waals surface area contributed by atoms with E-state index >= 15 is 0 Å². The second-order valence-electron chi connectivity index (χ2n) is 4.91. The third kappa shape index (κ3) is 2.76. The van der Waals surface area contributed by atoms with Crippen LogP contribution in [-0.2, 0) is 10.0 Å². The summed E-state index contributed by atoms with van der Waals surface area (Å²) in [4.78, 5) is 9.66. The van der Waals surface area contributed by atoms with E-state index in [2.05, 4.69) is 21.8 Å². The Morgan fingerprint density at radius 1 is 1.48 bits per heavy atom. The number of aromatic amines is 1. The van der Waals surface area contributed by atoms with E-state index < -0.39 is 10.0 Å². The van der Waals surface area contributed by atoms with Crippen molar-refractivity contribution in [3.63, 3.8) is 0 Å². The maximum absolute atomic E-state index is 12.6. The lowest BCUT2D eigenvalue weighted by atomic mass is 10.2. The van der Waals surface area contributed by atoms with Gasteiger partial charge in [-0.1, -0.05) is 13.0 Å². The fourth-order valence-corrected chi connectivity index (χ4v) is 5.23. The Morgan fingerprint density at radius 3 is 2.95 bits per heavy atom. The van der Waals surface area contributed by atoms with E-state index in [1.807, 2.05) is 0 Å². The first-order chi connectivity index (χ1) is 10.1. The summed E-state index contributed by atoms with van der Waals surface area (Å²) in [6.45, 7) is 4.62. The Morgan fingerprint density at radius 2 is 2.33 bits per heavy atom. The molecule has 0 unspecified atom stereocenters. The van der Waals surface area contributed by atoms with E-state index in [9.17, 15) is 8.42 Å². The first-order valence-corrected chi connectivity index (χ1v) is 9.22. The molecule has 1 atom stereocenters. The lowest BCUT2D eigenvalue weighted by Crippen LogP contribution is -2.50. The number of H-pyrrole nitrogens is 1. The zero-order chi connectivity index (χ0) is 14.9. The van der Waals surface area contributed by atoms with Crippen LogP contribution in [0.5, 0.6) is 0 Å². The third-order valence-electron chi connectivity index (χ3n) is 3.78. The minimum atomic E-state index is -3.39. The van der Waals surface area contributed by atoms with E-state index in [4.69, 9.17) is 0 Å². The van der Waals surface area contributed by atoms with Crippen LogP contribution in [-0.4, -0.2) is 53.8 Å². The lowest BCUT2D eigenvalue weighted by molar-refractivity contribution is 0.119. The first-order valence-electron chi connectivity index (χ1n) is 6.90. The number of imidazole rings is 1. The third-order valence-corrected chi connectivity index (χ3v) is 7.02. The average molecular weight is 326 g/mol. The average Bonchev–Trinajstić information content (AvgIpc) is 3.19. The van der Waals surface area contributed by atoms with Gasteiger partial charge in [-0.25, -0.2) is 13.4 Å². The number of sulfonamides is 1. The maximum atomic E-state index is 12.6. The predicted molar refractivity (Wildman–Crippen MR) is 81.7 cm³/mol. The van der Waals surface area contributed by atoms with Gasteiger partial charge in [0, 0.05) is 32.0 Å². The molecule has 0 spiro atoms. The van der Waals surface area contributed by atoms with Crippen LogP contribution in [0, 0.1) is 0 Å². The number of nitrogens with zero attached hydrogens (tertiary/aromatic N) is 3. The Kier molecular flexibility index (Phi) is 4.12. The van der Waals surface area contributed by atoms with Crippen molar-refractivity contribution in [1.82, 2.24) is 19.2 Å². The SMILES string of the molecule is CCN1CCN(S(=O)(=O)c2cccs2)C[C@H]1c1ncc[nH]1. The highest BCUT2D eigenvalue weighted by Crippen LogP contribution is 2.28. The van der Waals surface area contributed by atoms with Gasteiger partial charge in [-0.05, 0) is 18.0 Å². The number of likely N-dealkylation sites (N-methyl/N-ethyl adjacent to an activating group) is 1. The van der Waals surface area contributed by atoms with E-state index in [0.29, 0.717) is 23.8 Å². The van der Waals surface area contributed by atoms with Crippen LogP contribution in [0.3, 0.4) is 0 Å². The molecule has 6 nitrogen and oxygen atoms in total. The van der Waals surface area contributed by atoms with E-state index in [-0.39, 0.29) is 6.04 Å². The first kappa shape index (κ1) is 14.7. The zero-order valence-corrected chi connectivity index (χ0v) is 13.4. The molecule has 1 aliphatic rings. The molecular formula is C13H18N4O2S2. The van der Waals surface area contributed by atoms with Crippen molar-refractivity contribution in [3.8, 4) is 0 Å². The summed E-state index contributed by atoms with van der Waals surface area (Å²) in [5, 5.41) is 1.79. The highest BCUT2D eigenvalue weighted by atomic mass is 32.2. The molecule has 0 bridgehead atoms. The van der Waals surface area contributed by atoms with Crippen LogP contribution >= 0.6 is 11.3 Å². The second kappa shape index (κ2) is 5.88. The van der Waals surface area contributed by atoms with Crippen molar-refractivity contribution in [1.29, 1.82) is 0 Å². The standard InChI is InChI=1S/C13H18N4O2S2/c1-2-16-7-8-17(10-11(16)13-14-5-6-15-13)21(18,19)12-4-3-9-20-12/h3-6,9,11H,2,7-8,10H2,1H3,(H,14,15)/t11-/m0/s1. The molecule has 1 saturated heterocycles. The monoisotopic (exact) mass is 326 g/mol. The topological polar surface area (TPSA) is 69.3 Å². The summed E-state index contributed by atoms with van der Waals surface area (Å²) in [6, 6.07) is 3.41. The Bertz CT molecular complexity index is 667. The van der Waals surface area contributed by atoms with Gasteiger partial charge in [0.15, 0.2) is 0 Å². The molecule has 8 heteroatoms. The minimum absolute atomic E-state index is 0.0199. The van der Waals surface area contributed by atoms with Crippen LogP contribution in [0.2, 0.25) is 0 Å². The van der Waals surface area contributed by atoms with Crippen molar-refractivity contribution >= 4 is 21.4 Å². The summed E-state index contributed by atoms with van der Waals surface area (Å²) in [5.74, 6) is 0.822. The highest BCUT2D eigenvalue weighted by Gasteiger charge is 2.35. The smallest absolute Gasteiger partial charge is 0.252 e. The molecule has 0 aromatic carbocycles. The molecule has 21 heavy (non-hydrogen) atoms. The number of nitrogens with one attached hydrogen (secondary N) is 1. The largest absolute Gasteiger partial charge is 0.347 e. The molecule has 2 aromatic heterocycles. The lowest BCUT2D eigenvalue weighted by Gasteiger charge is -2.39. The van der Waals surface area contributed by atoms with Gasteiger partial charge >= 0.3 is 0 Å². The van der Waals surface area contributed by atoms with Gasteiger partial charge in [-0.2, -0.15) is 4.31 Å². The van der Waals surface area contributed by atoms with Crippen LogP contribution in [0.4, 0.5) is 0 Å². The molecule has 1 fully saturated rings. The molecule has 2 aromatic rings. The van der Waals surface area contributed by atoms with E-state index in [0.717, 1.165) is 12.4 Å². The van der Waals surface area contributed by atoms with E-state index in [1.54, 1.807) is 34.2 Å². The number of thiophene rings is 1. The molecule has 3 rings (SSSR count). The fourth-order valence-electron chi connectivity index (χ4n) is 2.65. The fraction of sp³-hybridized carbons (Fsp3) is 0.462.